The van der Waals surface area contributed by atoms with Crippen molar-refractivity contribution in [3.05, 3.63) is 82.9 Å². The summed E-state index contributed by atoms with van der Waals surface area (Å²) in [5, 5.41) is 23.3. The van der Waals surface area contributed by atoms with Crippen molar-refractivity contribution in [1.29, 1.82) is 0 Å². The fraction of sp³-hybridized carbons (Fsp3) is 0.160. The van der Waals surface area contributed by atoms with Crippen LogP contribution in [0.1, 0.15) is 6.42 Å². The quantitative estimate of drug-likeness (QED) is 0.208. The molecule has 0 radical (unpaired) electrons. The summed E-state index contributed by atoms with van der Waals surface area (Å²) in [7, 11) is 0. The largest absolute Gasteiger partial charge is 0.486 e. The summed E-state index contributed by atoms with van der Waals surface area (Å²) in [5.74, 6) is 2.06. The Bertz CT molecular complexity index is 1410. The van der Waals surface area contributed by atoms with Gasteiger partial charge in [-0.3, -0.25) is 19.5 Å². The predicted octanol–water partition coefficient (Wildman–Crippen LogP) is 4.73. The number of amides is 1. The van der Waals surface area contributed by atoms with E-state index in [0.29, 0.717) is 52.7 Å². The van der Waals surface area contributed by atoms with Crippen LogP contribution in [-0.4, -0.2) is 44.6 Å². The maximum atomic E-state index is 12.6. The fourth-order valence-corrected chi connectivity index (χ4v) is 4.59. The molecule has 0 unspecified atom stereocenters. The van der Waals surface area contributed by atoms with Crippen molar-refractivity contribution in [3.63, 3.8) is 0 Å². The first kappa shape index (κ1) is 23.4. The molecule has 0 spiro atoms. The predicted molar refractivity (Wildman–Crippen MR) is 135 cm³/mol. The Morgan fingerprint density at radius 1 is 1.00 bits per heavy atom. The second-order valence-electron chi connectivity index (χ2n) is 7.79. The maximum absolute atomic E-state index is 12.6. The number of hydrogen-bond acceptors (Lipinski definition) is 8. The van der Waals surface area contributed by atoms with Gasteiger partial charge in [-0.2, -0.15) is 0 Å². The molecule has 36 heavy (non-hydrogen) atoms. The molecule has 1 aliphatic rings. The number of carbonyl (C=O) groups excluding carboxylic acids is 1. The summed E-state index contributed by atoms with van der Waals surface area (Å²) < 4.78 is 12.9. The summed E-state index contributed by atoms with van der Waals surface area (Å²) >= 11 is 1.38. The van der Waals surface area contributed by atoms with Crippen molar-refractivity contribution in [3.8, 4) is 28.6 Å². The zero-order valence-corrected chi connectivity index (χ0v) is 19.8. The molecule has 10 nitrogen and oxygen atoms in total. The van der Waals surface area contributed by atoms with Gasteiger partial charge in [-0.15, -0.1) is 10.2 Å². The number of nitrogens with one attached hydrogen (secondary N) is 1. The molecule has 11 heteroatoms. The Hall–Kier alpha value is -4.38. The van der Waals surface area contributed by atoms with E-state index < -0.39 is 4.92 Å². The molecule has 3 aromatic carbocycles. The standard InChI is InChI=1S/C25H21N5O5S/c31-23(26-18-9-10-21-22(16-18)35-13-12-34-21)11-14-36-25-28-27-24(29(25)19-6-2-1-3-7-19)17-5-4-8-20(15-17)30(32)33/h1-10,15-16H,11-14H2,(H,26,31). The van der Waals surface area contributed by atoms with Crippen molar-refractivity contribution in [1.82, 2.24) is 14.8 Å². The average Bonchev–Trinajstić information content (AvgIpc) is 3.33. The van der Waals surface area contributed by atoms with E-state index in [1.807, 2.05) is 34.9 Å². The van der Waals surface area contributed by atoms with Crippen LogP contribution in [0.2, 0.25) is 0 Å². The number of para-hydroxylation sites is 1. The van der Waals surface area contributed by atoms with Gasteiger partial charge in [-0.25, -0.2) is 0 Å². The third-order valence-electron chi connectivity index (χ3n) is 5.35. The van der Waals surface area contributed by atoms with Gasteiger partial charge in [0.2, 0.25) is 5.91 Å². The van der Waals surface area contributed by atoms with Crippen LogP contribution in [0.25, 0.3) is 17.1 Å². The lowest BCUT2D eigenvalue weighted by Crippen LogP contribution is -2.16. The molecule has 0 atom stereocenters. The van der Waals surface area contributed by atoms with Crippen LogP contribution in [-0.2, 0) is 4.79 Å². The van der Waals surface area contributed by atoms with Gasteiger partial charge in [0.05, 0.1) is 4.92 Å². The van der Waals surface area contributed by atoms with Gasteiger partial charge in [0, 0.05) is 47.3 Å². The number of carbonyl (C=O) groups is 1. The van der Waals surface area contributed by atoms with E-state index in [1.54, 1.807) is 30.3 Å². The first-order valence-electron chi connectivity index (χ1n) is 11.2. The van der Waals surface area contributed by atoms with E-state index >= 15 is 0 Å². The van der Waals surface area contributed by atoms with E-state index in [0.717, 1.165) is 5.69 Å². The Balaban J connectivity index is 1.31. The second kappa shape index (κ2) is 10.5. The number of nitro benzene ring substituents is 1. The van der Waals surface area contributed by atoms with Crippen molar-refractivity contribution < 1.29 is 19.2 Å². The van der Waals surface area contributed by atoms with Gasteiger partial charge in [0.15, 0.2) is 22.5 Å². The summed E-state index contributed by atoms with van der Waals surface area (Å²) in [4.78, 5) is 23.4. The van der Waals surface area contributed by atoms with Crippen LogP contribution in [0.15, 0.2) is 78.0 Å². The Morgan fingerprint density at radius 3 is 2.61 bits per heavy atom. The summed E-state index contributed by atoms with van der Waals surface area (Å²) in [6.07, 6.45) is 0.243. The van der Waals surface area contributed by atoms with Crippen LogP contribution in [0.4, 0.5) is 11.4 Å². The fourth-order valence-electron chi connectivity index (χ4n) is 3.70. The number of ether oxygens (including phenoxy) is 2. The Kier molecular flexibility index (Phi) is 6.80. The van der Waals surface area contributed by atoms with Crippen molar-refractivity contribution in [2.45, 2.75) is 11.6 Å². The lowest BCUT2D eigenvalue weighted by Gasteiger charge is -2.19. The maximum Gasteiger partial charge on any atom is 0.270 e. The highest BCUT2D eigenvalue weighted by Gasteiger charge is 2.19. The number of hydrogen-bond donors (Lipinski definition) is 1. The highest BCUT2D eigenvalue weighted by Crippen LogP contribution is 2.33. The third-order valence-corrected chi connectivity index (χ3v) is 6.28. The Morgan fingerprint density at radius 2 is 1.81 bits per heavy atom. The third kappa shape index (κ3) is 5.15. The van der Waals surface area contributed by atoms with Gasteiger partial charge in [-0.05, 0) is 24.3 Å². The smallest absolute Gasteiger partial charge is 0.270 e. The molecule has 1 N–H and O–H groups in total. The molecule has 1 aliphatic heterocycles. The van der Waals surface area contributed by atoms with Crippen LogP contribution in [0, 0.1) is 10.1 Å². The first-order chi connectivity index (χ1) is 17.6. The molecule has 1 aromatic heterocycles. The normalized spacial score (nSPS) is 12.2. The number of rotatable bonds is 8. The average molecular weight is 504 g/mol. The molecule has 0 saturated carbocycles. The number of fused-ring (bicyclic) bond motifs is 1. The molecule has 182 valence electrons. The number of nitro groups is 1. The van der Waals surface area contributed by atoms with E-state index in [1.165, 1.54) is 23.9 Å². The van der Waals surface area contributed by atoms with Gasteiger partial charge < -0.3 is 14.8 Å². The number of non-ortho nitro benzene ring substituents is 1. The van der Waals surface area contributed by atoms with Crippen molar-refractivity contribution in [2.75, 3.05) is 24.3 Å². The Labute approximate surface area is 210 Å². The molecule has 0 bridgehead atoms. The molecule has 0 aliphatic carbocycles. The number of benzene rings is 3. The monoisotopic (exact) mass is 503 g/mol. The summed E-state index contributed by atoms with van der Waals surface area (Å²) in [5.41, 5.74) is 1.99. The molecule has 2 heterocycles. The van der Waals surface area contributed by atoms with Gasteiger partial charge in [0.1, 0.15) is 13.2 Å². The van der Waals surface area contributed by atoms with Crippen LogP contribution in [0.5, 0.6) is 11.5 Å². The minimum atomic E-state index is -0.442. The minimum absolute atomic E-state index is 0.0277. The van der Waals surface area contributed by atoms with Gasteiger partial charge in [-0.1, -0.05) is 42.1 Å². The van der Waals surface area contributed by atoms with E-state index in [-0.39, 0.29) is 18.0 Å². The highest BCUT2D eigenvalue weighted by atomic mass is 32.2. The minimum Gasteiger partial charge on any atom is -0.486 e. The van der Waals surface area contributed by atoms with Crippen LogP contribution >= 0.6 is 11.8 Å². The molecule has 0 saturated heterocycles. The van der Waals surface area contributed by atoms with Crippen LogP contribution < -0.4 is 14.8 Å². The molecule has 1 amide bonds. The number of aromatic nitrogens is 3. The SMILES string of the molecule is O=C(CCSc1nnc(-c2cccc([N+](=O)[O-])c2)n1-c1ccccc1)Nc1ccc2c(c1)OCCO2. The van der Waals surface area contributed by atoms with Gasteiger partial charge >= 0.3 is 0 Å². The summed E-state index contributed by atoms with van der Waals surface area (Å²) in [6.45, 7) is 0.980. The van der Waals surface area contributed by atoms with Crippen molar-refractivity contribution >= 4 is 29.0 Å². The molecule has 0 fully saturated rings. The first-order valence-corrected chi connectivity index (χ1v) is 12.1. The zero-order valence-electron chi connectivity index (χ0n) is 19.0. The summed E-state index contributed by atoms with van der Waals surface area (Å²) in [6, 6.07) is 21.1. The molecule has 5 rings (SSSR count). The van der Waals surface area contributed by atoms with Crippen LogP contribution in [0.3, 0.4) is 0 Å². The zero-order chi connectivity index (χ0) is 24.9. The molecular formula is C25H21N5O5S. The number of nitrogens with zero attached hydrogens (tertiary/aromatic N) is 4. The lowest BCUT2D eigenvalue weighted by molar-refractivity contribution is -0.384. The molecular weight excluding hydrogens is 482 g/mol. The lowest BCUT2D eigenvalue weighted by atomic mass is 10.2. The van der Waals surface area contributed by atoms with E-state index in [9.17, 15) is 14.9 Å². The topological polar surface area (TPSA) is 121 Å². The second-order valence-corrected chi connectivity index (χ2v) is 8.85. The highest BCUT2D eigenvalue weighted by molar-refractivity contribution is 7.99. The molecule has 4 aromatic rings. The van der Waals surface area contributed by atoms with E-state index in [2.05, 4.69) is 15.5 Å². The number of anilines is 1. The van der Waals surface area contributed by atoms with E-state index in [4.69, 9.17) is 9.47 Å². The van der Waals surface area contributed by atoms with Crippen molar-refractivity contribution in [2.24, 2.45) is 0 Å². The number of thioether (sulfide) groups is 1. The van der Waals surface area contributed by atoms with Gasteiger partial charge in [0.25, 0.3) is 5.69 Å².